The van der Waals surface area contributed by atoms with E-state index in [9.17, 15) is 0 Å². The van der Waals surface area contributed by atoms with E-state index in [2.05, 4.69) is 50.4 Å². The maximum atomic E-state index is 4.39. The van der Waals surface area contributed by atoms with E-state index in [0.717, 1.165) is 17.7 Å². The van der Waals surface area contributed by atoms with Crippen LogP contribution in [0, 0.1) is 5.92 Å². The molecule has 1 aliphatic carbocycles. The number of thiol groups is 1. The van der Waals surface area contributed by atoms with E-state index < -0.39 is 0 Å². The predicted octanol–water partition coefficient (Wildman–Crippen LogP) is 5.07. The van der Waals surface area contributed by atoms with Crippen LogP contribution >= 0.6 is 12.6 Å². The highest BCUT2D eigenvalue weighted by atomic mass is 32.1. The summed E-state index contributed by atoms with van der Waals surface area (Å²) >= 11 is 4.39. The molecule has 88 valence electrons. The van der Waals surface area contributed by atoms with Gasteiger partial charge < -0.3 is 0 Å². The molecule has 0 aliphatic heterocycles. The third-order valence-electron chi connectivity index (χ3n) is 3.01. The van der Waals surface area contributed by atoms with Gasteiger partial charge in [-0.2, -0.15) is 0 Å². The molecule has 1 heteroatoms. The lowest BCUT2D eigenvalue weighted by Crippen LogP contribution is -1.86. The highest BCUT2D eigenvalue weighted by Gasteiger charge is 2.05. The predicted molar refractivity (Wildman–Crippen MR) is 76.7 cm³/mol. The van der Waals surface area contributed by atoms with Crippen molar-refractivity contribution >= 4 is 12.6 Å². The van der Waals surface area contributed by atoms with E-state index in [1.54, 1.807) is 0 Å². The molecule has 0 heterocycles. The molecule has 0 radical (unpaired) electrons. The van der Waals surface area contributed by atoms with Gasteiger partial charge in [0, 0.05) is 0 Å². The summed E-state index contributed by atoms with van der Waals surface area (Å²) in [5, 5.41) is 0. The van der Waals surface area contributed by atoms with Crippen LogP contribution in [-0.2, 0) is 0 Å². The Balaban J connectivity index is 2.53. The lowest BCUT2D eigenvalue weighted by molar-refractivity contribution is 0.662. The van der Waals surface area contributed by atoms with E-state index in [-0.39, 0.29) is 0 Å². The summed E-state index contributed by atoms with van der Waals surface area (Å²) in [5.74, 6) is 0.692. The van der Waals surface area contributed by atoms with Crippen molar-refractivity contribution in [3.05, 3.63) is 46.9 Å². The van der Waals surface area contributed by atoms with Crippen molar-refractivity contribution < 1.29 is 0 Å². The molecule has 1 aliphatic rings. The molecule has 0 fully saturated rings. The summed E-state index contributed by atoms with van der Waals surface area (Å²) in [7, 11) is 0. The van der Waals surface area contributed by atoms with Gasteiger partial charge in [0.05, 0.1) is 0 Å². The van der Waals surface area contributed by atoms with Gasteiger partial charge in [-0.05, 0) is 54.6 Å². The first-order chi connectivity index (χ1) is 7.63. The normalized spacial score (nSPS) is 21.6. The topological polar surface area (TPSA) is 0 Å². The van der Waals surface area contributed by atoms with Crippen molar-refractivity contribution in [2.24, 2.45) is 5.92 Å². The fourth-order valence-electron chi connectivity index (χ4n) is 1.76. The zero-order valence-electron chi connectivity index (χ0n) is 10.4. The molecule has 0 saturated heterocycles. The third-order valence-corrected chi connectivity index (χ3v) is 3.50. The zero-order chi connectivity index (χ0) is 12.0. The van der Waals surface area contributed by atoms with Crippen molar-refractivity contribution in [2.45, 2.75) is 39.5 Å². The van der Waals surface area contributed by atoms with Crippen LogP contribution in [0.1, 0.15) is 39.5 Å². The summed E-state index contributed by atoms with van der Waals surface area (Å²) in [6.45, 7) is 8.46. The number of hydrogen-bond acceptors (Lipinski definition) is 1. The van der Waals surface area contributed by atoms with Crippen molar-refractivity contribution in [3.63, 3.8) is 0 Å². The van der Waals surface area contributed by atoms with Crippen LogP contribution < -0.4 is 0 Å². The minimum Gasteiger partial charge on any atom is -0.148 e. The van der Waals surface area contributed by atoms with Crippen LogP contribution in [0.3, 0.4) is 0 Å². The van der Waals surface area contributed by atoms with Crippen LogP contribution in [-0.4, -0.2) is 0 Å². The summed E-state index contributed by atoms with van der Waals surface area (Å²) in [6, 6.07) is 0. The highest BCUT2D eigenvalue weighted by molar-refractivity contribution is 7.84. The standard InChI is InChI=1S/C15H22S/c1-4-15(16)11-9-13(3)14-7-5-6-12(2)8-10-14/h4,7-8,10,12,16H,3,5-6,9,11H2,1-2H3/b15-4+/t12-/m0/s1. The Morgan fingerprint density at radius 3 is 3.00 bits per heavy atom. The number of rotatable bonds is 4. The first-order valence-corrected chi connectivity index (χ1v) is 6.49. The first kappa shape index (κ1) is 13.4. The van der Waals surface area contributed by atoms with Gasteiger partial charge >= 0.3 is 0 Å². The summed E-state index contributed by atoms with van der Waals surface area (Å²) in [4.78, 5) is 1.15. The Kier molecular flexibility index (Phi) is 5.68. The second kappa shape index (κ2) is 6.80. The molecule has 0 N–H and O–H groups in total. The lowest BCUT2D eigenvalue weighted by atomic mass is 10.0. The monoisotopic (exact) mass is 234 g/mol. The molecule has 1 rings (SSSR count). The van der Waals surface area contributed by atoms with Crippen LogP contribution in [0.25, 0.3) is 0 Å². The molecule has 0 amide bonds. The zero-order valence-corrected chi connectivity index (χ0v) is 11.3. The van der Waals surface area contributed by atoms with Gasteiger partial charge in [0.1, 0.15) is 0 Å². The molecule has 0 aromatic rings. The molecule has 0 unspecified atom stereocenters. The Morgan fingerprint density at radius 2 is 2.31 bits per heavy atom. The lowest BCUT2D eigenvalue weighted by Gasteiger charge is -2.06. The van der Waals surface area contributed by atoms with Crippen LogP contribution in [0.2, 0.25) is 0 Å². The maximum absolute atomic E-state index is 4.39. The minimum atomic E-state index is 0.692. The summed E-state index contributed by atoms with van der Waals surface area (Å²) in [6.07, 6.45) is 13.3. The van der Waals surface area contributed by atoms with Gasteiger partial charge in [-0.1, -0.05) is 37.8 Å². The average molecular weight is 234 g/mol. The molecule has 1 atom stereocenters. The second-order valence-electron chi connectivity index (χ2n) is 4.46. The van der Waals surface area contributed by atoms with Crippen LogP contribution in [0.4, 0.5) is 0 Å². The van der Waals surface area contributed by atoms with Crippen LogP contribution in [0.15, 0.2) is 46.9 Å². The molecular formula is C15H22S. The maximum Gasteiger partial charge on any atom is -0.0184 e. The summed E-state index contributed by atoms with van der Waals surface area (Å²) < 4.78 is 0. The van der Waals surface area contributed by atoms with Gasteiger partial charge in [0.2, 0.25) is 0 Å². The van der Waals surface area contributed by atoms with Crippen molar-refractivity contribution in [3.8, 4) is 0 Å². The Bertz CT molecular complexity index is 331. The quantitative estimate of drug-likeness (QED) is 0.645. The molecule has 0 aromatic carbocycles. The van der Waals surface area contributed by atoms with E-state index in [1.165, 1.54) is 24.0 Å². The van der Waals surface area contributed by atoms with E-state index in [1.807, 2.05) is 6.92 Å². The van der Waals surface area contributed by atoms with Gasteiger partial charge in [-0.25, -0.2) is 0 Å². The first-order valence-electron chi connectivity index (χ1n) is 6.04. The molecule has 0 nitrogen and oxygen atoms in total. The third kappa shape index (κ3) is 4.44. The molecular weight excluding hydrogens is 212 g/mol. The molecule has 0 bridgehead atoms. The molecule has 0 spiro atoms. The van der Waals surface area contributed by atoms with E-state index in [0.29, 0.717) is 5.92 Å². The largest absolute Gasteiger partial charge is 0.148 e. The van der Waals surface area contributed by atoms with Crippen molar-refractivity contribution in [2.75, 3.05) is 0 Å². The van der Waals surface area contributed by atoms with Crippen LogP contribution in [0.5, 0.6) is 0 Å². The number of allylic oxidation sites excluding steroid dienone is 7. The Morgan fingerprint density at radius 1 is 1.56 bits per heavy atom. The summed E-state index contributed by atoms with van der Waals surface area (Å²) in [5.41, 5.74) is 2.56. The van der Waals surface area contributed by atoms with Gasteiger partial charge in [0.25, 0.3) is 0 Å². The molecule has 16 heavy (non-hydrogen) atoms. The second-order valence-corrected chi connectivity index (χ2v) is 5.03. The Labute approximate surface area is 105 Å². The van der Waals surface area contributed by atoms with E-state index in [4.69, 9.17) is 0 Å². The fraction of sp³-hybridized carbons (Fsp3) is 0.467. The molecule has 0 saturated carbocycles. The highest BCUT2D eigenvalue weighted by Crippen LogP contribution is 2.24. The smallest absolute Gasteiger partial charge is 0.0184 e. The van der Waals surface area contributed by atoms with Gasteiger partial charge in [0.15, 0.2) is 0 Å². The SMILES string of the molecule is C=C(CC/C(S)=C\C)C1=CCC[C@H](C)C=C1. The number of hydrogen-bond donors (Lipinski definition) is 1. The van der Waals surface area contributed by atoms with E-state index >= 15 is 0 Å². The minimum absolute atomic E-state index is 0.692. The molecule has 0 aromatic heterocycles. The van der Waals surface area contributed by atoms with Gasteiger partial charge in [-0.3, -0.25) is 0 Å². The average Bonchev–Trinajstić information content (AvgIpc) is 2.50. The van der Waals surface area contributed by atoms with Gasteiger partial charge in [-0.15, -0.1) is 12.6 Å². The Hall–Kier alpha value is -0.690. The van der Waals surface area contributed by atoms with Crippen molar-refractivity contribution in [1.82, 2.24) is 0 Å². The van der Waals surface area contributed by atoms with Crippen molar-refractivity contribution in [1.29, 1.82) is 0 Å². The fourth-order valence-corrected chi connectivity index (χ4v) is 1.88.